The lowest BCUT2D eigenvalue weighted by atomic mass is 10.2. The number of anilines is 2. The van der Waals surface area contributed by atoms with Crippen LogP contribution in [0.4, 0.5) is 15.8 Å². The van der Waals surface area contributed by atoms with Gasteiger partial charge in [-0.1, -0.05) is 6.92 Å². The summed E-state index contributed by atoms with van der Waals surface area (Å²) in [5.41, 5.74) is 1.44. The molecule has 0 spiro atoms. The minimum Gasteiger partial charge on any atom is -0.340 e. The molecule has 0 radical (unpaired) electrons. The number of benzene rings is 2. The van der Waals surface area contributed by atoms with Gasteiger partial charge in [0.05, 0.1) is 11.9 Å². The van der Waals surface area contributed by atoms with Crippen LogP contribution in [0.25, 0.3) is 0 Å². The first-order chi connectivity index (χ1) is 13.9. The van der Waals surface area contributed by atoms with Crippen LogP contribution in [0.3, 0.4) is 0 Å². The quantitative estimate of drug-likeness (QED) is 0.475. The fraction of sp³-hybridized carbons (Fsp3) is 0.100. The number of hydrogen-bond donors (Lipinski definition) is 3. The predicted octanol–water partition coefficient (Wildman–Crippen LogP) is 4.41. The Morgan fingerprint density at radius 2 is 1.66 bits per heavy atom. The molecule has 3 N–H and O–H groups in total. The summed E-state index contributed by atoms with van der Waals surface area (Å²) in [5, 5.41) is 5.36. The number of hydrogen-bond acceptors (Lipinski definition) is 4. The lowest BCUT2D eigenvalue weighted by molar-refractivity contribution is 0.0963. The van der Waals surface area contributed by atoms with Gasteiger partial charge in [0, 0.05) is 22.3 Å². The van der Waals surface area contributed by atoms with E-state index in [1.54, 1.807) is 31.2 Å². The van der Waals surface area contributed by atoms with Gasteiger partial charge < -0.3 is 15.6 Å². The molecule has 0 saturated heterocycles. The Morgan fingerprint density at radius 3 is 2.24 bits per heavy atom. The fourth-order valence-corrected chi connectivity index (χ4v) is 3.08. The molecule has 9 heteroatoms. The van der Waals surface area contributed by atoms with Crippen LogP contribution in [0, 0.1) is 5.82 Å². The third-order valence-electron chi connectivity index (χ3n) is 4.03. The smallest absolute Gasteiger partial charge is 0.274 e. The van der Waals surface area contributed by atoms with Crippen molar-refractivity contribution in [1.29, 1.82) is 0 Å². The molecule has 0 aliphatic rings. The van der Waals surface area contributed by atoms with E-state index in [0.29, 0.717) is 15.8 Å². The molecule has 0 aliphatic carbocycles. The molecule has 3 rings (SSSR count). The normalized spacial score (nSPS) is 10.4. The Morgan fingerprint density at radius 1 is 1.03 bits per heavy atom. The number of Topliss-reactive ketones (excluding diaryl/α,β-unsaturated/α-hetero) is 1. The summed E-state index contributed by atoms with van der Waals surface area (Å²) in [5.74, 6) is -1.59. The van der Waals surface area contributed by atoms with Gasteiger partial charge in [0.25, 0.3) is 11.8 Å². The van der Waals surface area contributed by atoms with E-state index in [1.807, 2.05) is 0 Å². The number of aromatic nitrogens is 2. The predicted molar refractivity (Wildman–Crippen MR) is 110 cm³/mol. The molecule has 2 aromatic carbocycles. The van der Waals surface area contributed by atoms with Gasteiger partial charge in [-0.15, -0.1) is 0 Å². The van der Waals surface area contributed by atoms with Gasteiger partial charge in [-0.25, -0.2) is 9.37 Å². The third-order valence-corrected chi connectivity index (χ3v) is 4.68. The van der Waals surface area contributed by atoms with Crippen molar-refractivity contribution in [2.45, 2.75) is 13.3 Å². The highest BCUT2D eigenvalue weighted by atomic mass is 79.9. The second kappa shape index (κ2) is 8.78. The molecule has 1 heterocycles. The van der Waals surface area contributed by atoms with Gasteiger partial charge in [-0.05, 0) is 58.4 Å². The van der Waals surface area contributed by atoms with Gasteiger partial charge in [-0.2, -0.15) is 0 Å². The number of aromatic amines is 1. The van der Waals surface area contributed by atoms with E-state index in [2.05, 4.69) is 36.5 Å². The van der Waals surface area contributed by atoms with Crippen molar-refractivity contribution in [3.05, 3.63) is 76.0 Å². The number of amides is 2. The summed E-state index contributed by atoms with van der Waals surface area (Å²) in [6.07, 6.45) is 1.54. The molecule has 0 saturated carbocycles. The summed E-state index contributed by atoms with van der Waals surface area (Å²) in [7, 11) is 0. The standard InChI is InChI=1S/C20H16BrFN4O3/c1-2-16(27)17-18(24-10-23-17)20(29)26-13-6-4-12(5-7-13)25-19(28)14-8-3-11(22)9-15(14)21/h3-10H,2H2,1H3,(H,23,24)(H,25,28)(H,26,29). The van der Waals surface area contributed by atoms with Crippen molar-refractivity contribution >= 4 is 44.9 Å². The van der Waals surface area contributed by atoms with Crippen LogP contribution in [-0.4, -0.2) is 27.6 Å². The van der Waals surface area contributed by atoms with Crippen LogP contribution in [0.15, 0.2) is 53.3 Å². The number of ketones is 1. The summed E-state index contributed by atoms with van der Waals surface area (Å²) in [6, 6.07) is 10.2. The Labute approximate surface area is 173 Å². The van der Waals surface area contributed by atoms with Crippen LogP contribution >= 0.6 is 15.9 Å². The first kappa shape index (κ1) is 20.4. The summed E-state index contributed by atoms with van der Waals surface area (Å²) < 4.78 is 13.5. The highest BCUT2D eigenvalue weighted by molar-refractivity contribution is 9.10. The lowest BCUT2D eigenvalue weighted by Gasteiger charge is -2.09. The number of H-pyrrole nitrogens is 1. The topological polar surface area (TPSA) is 104 Å². The van der Waals surface area contributed by atoms with E-state index in [-0.39, 0.29) is 29.2 Å². The molecule has 1 aromatic heterocycles. The van der Waals surface area contributed by atoms with Crippen LogP contribution in [0.1, 0.15) is 44.7 Å². The van der Waals surface area contributed by atoms with E-state index in [9.17, 15) is 18.8 Å². The summed E-state index contributed by atoms with van der Waals surface area (Å²) >= 11 is 3.16. The molecule has 29 heavy (non-hydrogen) atoms. The van der Waals surface area contributed by atoms with E-state index >= 15 is 0 Å². The Bertz CT molecular complexity index is 1080. The van der Waals surface area contributed by atoms with Crippen LogP contribution in [-0.2, 0) is 0 Å². The molecule has 0 fully saturated rings. The molecule has 148 valence electrons. The van der Waals surface area contributed by atoms with Crippen molar-refractivity contribution in [2.75, 3.05) is 10.6 Å². The third kappa shape index (κ3) is 4.75. The summed E-state index contributed by atoms with van der Waals surface area (Å²) in [4.78, 5) is 43.1. The van der Waals surface area contributed by atoms with Gasteiger partial charge in [0.1, 0.15) is 17.2 Å². The van der Waals surface area contributed by atoms with Crippen molar-refractivity contribution in [2.24, 2.45) is 0 Å². The number of carbonyl (C=O) groups is 3. The second-order valence-electron chi connectivity index (χ2n) is 6.01. The van der Waals surface area contributed by atoms with Crippen molar-refractivity contribution in [1.82, 2.24) is 9.97 Å². The molecule has 0 bridgehead atoms. The van der Waals surface area contributed by atoms with Gasteiger partial charge >= 0.3 is 0 Å². The largest absolute Gasteiger partial charge is 0.340 e. The maximum absolute atomic E-state index is 13.2. The molecule has 0 unspecified atom stereocenters. The van der Waals surface area contributed by atoms with Gasteiger partial charge in [0.2, 0.25) is 0 Å². The van der Waals surface area contributed by atoms with E-state index in [0.717, 1.165) is 0 Å². The SMILES string of the molecule is CCC(=O)c1nc[nH]c1C(=O)Nc1ccc(NC(=O)c2ccc(F)cc2Br)cc1. The molecule has 0 atom stereocenters. The molecule has 0 aliphatic heterocycles. The zero-order chi connectivity index (χ0) is 21.0. The molecule has 7 nitrogen and oxygen atoms in total. The van der Waals surface area contributed by atoms with Crippen molar-refractivity contribution in [3.63, 3.8) is 0 Å². The van der Waals surface area contributed by atoms with Crippen molar-refractivity contribution in [3.8, 4) is 0 Å². The Kier molecular flexibility index (Phi) is 6.18. The number of imidazole rings is 1. The highest BCUT2D eigenvalue weighted by Crippen LogP contribution is 2.21. The van der Waals surface area contributed by atoms with E-state index < -0.39 is 17.6 Å². The average molecular weight is 459 g/mol. The minimum atomic E-state index is -0.494. The Balaban J connectivity index is 1.67. The average Bonchev–Trinajstić information content (AvgIpc) is 3.19. The maximum atomic E-state index is 13.2. The molecular formula is C20H16BrFN4O3. The minimum absolute atomic E-state index is 0.0930. The number of nitrogens with zero attached hydrogens (tertiary/aromatic N) is 1. The number of halogens is 2. The molecule has 3 aromatic rings. The molecule has 2 amide bonds. The first-order valence-electron chi connectivity index (χ1n) is 8.63. The van der Waals surface area contributed by atoms with E-state index in [1.165, 1.54) is 24.5 Å². The molecular weight excluding hydrogens is 443 g/mol. The maximum Gasteiger partial charge on any atom is 0.274 e. The van der Waals surface area contributed by atoms with Gasteiger partial charge in [0.15, 0.2) is 5.78 Å². The van der Waals surface area contributed by atoms with Gasteiger partial charge in [-0.3, -0.25) is 14.4 Å². The number of rotatable bonds is 6. The fourth-order valence-electron chi connectivity index (χ4n) is 2.55. The lowest BCUT2D eigenvalue weighted by Crippen LogP contribution is -2.16. The van der Waals surface area contributed by atoms with Crippen LogP contribution in [0.2, 0.25) is 0 Å². The number of nitrogens with one attached hydrogen (secondary N) is 3. The number of carbonyl (C=O) groups excluding carboxylic acids is 3. The highest BCUT2D eigenvalue weighted by Gasteiger charge is 2.19. The van der Waals surface area contributed by atoms with Crippen LogP contribution in [0.5, 0.6) is 0 Å². The zero-order valence-electron chi connectivity index (χ0n) is 15.3. The zero-order valence-corrected chi connectivity index (χ0v) is 16.8. The second-order valence-corrected chi connectivity index (χ2v) is 6.87. The van der Waals surface area contributed by atoms with E-state index in [4.69, 9.17) is 0 Å². The van der Waals surface area contributed by atoms with Crippen LogP contribution < -0.4 is 10.6 Å². The van der Waals surface area contributed by atoms with Crippen molar-refractivity contribution < 1.29 is 18.8 Å². The first-order valence-corrected chi connectivity index (χ1v) is 9.42. The summed E-state index contributed by atoms with van der Waals surface area (Å²) in [6.45, 7) is 1.69. The Hall–Kier alpha value is -3.33. The monoisotopic (exact) mass is 458 g/mol.